The summed E-state index contributed by atoms with van der Waals surface area (Å²) < 4.78 is 18.5. The average Bonchev–Trinajstić information content (AvgIpc) is 3.24. The molecular formula is C31H33N3O4S. The van der Waals surface area contributed by atoms with E-state index < -0.39 is 0 Å². The number of carbonyl (C=O) groups excluding carboxylic acids is 1. The van der Waals surface area contributed by atoms with Crippen LogP contribution < -0.4 is 4.90 Å². The topological polar surface area (TPSA) is 77.7 Å². The van der Waals surface area contributed by atoms with Gasteiger partial charge in [0, 0.05) is 35.5 Å². The van der Waals surface area contributed by atoms with Crippen LogP contribution >= 0.6 is 11.3 Å². The van der Waals surface area contributed by atoms with Crippen molar-refractivity contribution in [2.75, 3.05) is 18.6 Å². The molecule has 0 radical (unpaired) electrons. The van der Waals surface area contributed by atoms with E-state index in [4.69, 9.17) is 19.0 Å². The fraction of sp³-hybridized carbons (Fsp3) is 0.452. The third kappa shape index (κ3) is 4.25. The molecule has 2 aromatic heterocycles. The Morgan fingerprint density at radius 1 is 1.13 bits per heavy atom. The van der Waals surface area contributed by atoms with Crippen molar-refractivity contribution in [2.45, 2.75) is 71.1 Å². The van der Waals surface area contributed by atoms with E-state index in [0.29, 0.717) is 30.0 Å². The first kappa shape index (κ1) is 24.8. The van der Waals surface area contributed by atoms with Gasteiger partial charge in [-0.05, 0) is 75.3 Å². The van der Waals surface area contributed by atoms with Gasteiger partial charge in [0.05, 0.1) is 35.6 Å². The Balaban J connectivity index is 1.08. The van der Waals surface area contributed by atoms with Gasteiger partial charge in [0.15, 0.2) is 5.13 Å². The highest BCUT2D eigenvalue weighted by Crippen LogP contribution is 2.47. The molecule has 2 bridgehead atoms. The van der Waals surface area contributed by atoms with Gasteiger partial charge in [-0.2, -0.15) is 0 Å². The summed E-state index contributed by atoms with van der Waals surface area (Å²) in [7, 11) is 1.42. The number of nitrogens with zero attached hydrogens (tertiary/aromatic N) is 3. The van der Waals surface area contributed by atoms with E-state index in [-0.39, 0.29) is 12.1 Å². The van der Waals surface area contributed by atoms with Crippen LogP contribution in [0.5, 0.6) is 0 Å². The molecular weight excluding hydrogens is 510 g/mol. The first-order chi connectivity index (χ1) is 18.9. The number of carbonyl (C=O) groups is 1. The van der Waals surface area contributed by atoms with E-state index in [9.17, 15) is 4.79 Å². The molecule has 8 heteroatoms. The zero-order valence-corrected chi connectivity index (χ0v) is 23.6. The van der Waals surface area contributed by atoms with Crippen LogP contribution in [-0.2, 0) is 16.1 Å². The highest BCUT2D eigenvalue weighted by molar-refractivity contribution is 7.22. The molecule has 2 aromatic carbocycles. The van der Waals surface area contributed by atoms with Gasteiger partial charge in [-0.15, -0.1) is 0 Å². The Bertz CT molecular complexity index is 1570. The van der Waals surface area contributed by atoms with Gasteiger partial charge in [0.2, 0.25) is 0 Å². The number of esters is 1. The smallest absolute Gasteiger partial charge is 0.337 e. The van der Waals surface area contributed by atoms with Crippen LogP contribution in [-0.4, -0.2) is 41.9 Å². The molecule has 0 spiro atoms. The summed E-state index contributed by atoms with van der Waals surface area (Å²) in [6.45, 7) is 7.78. The second-order valence-corrected chi connectivity index (χ2v) is 12.4. The van der Waals surface area contributed by atoms with Crippen molar-refractivity contribution in [3.8, 4) is 11.3 Å². The van der Waals surface area contributed by atoms with Crippen molar-refractivity contribution < 1.29 is 18.8 Å². The summed E-state index contributed by atoms with van der Waals surface area (Å²) >= 11 is 1.66. The summed E-state index contributed by atoms with van der Waals surface area (Å²) in [5.41, 5.74) is 8.24. The molecule has 2 saturated carbocycles. The first-order valence-corrected chi connectivity index (χ1v) is 14.7. The Kier molecular flexibility index (Phi) is 6.01. The predicted molar refractivity (Wildman–Crippen MR) is 152 cm³/mol. The molecule has 4 aromatic rings. The second-order valence-electron chi connectivity index (χ2n) is 11.4. The predicted octanol–water partition coefficient (Wildman–Crippen LogP) is 6.72. The van der Waals surface area contributed by atoms with Gasteiger partial charge in [-0.25, -0.2) is 9.78 Å². The number of ether oxygens (including phenoxy) is 2. The minimum absolute atomic E-state index is 0.223. The van der Waals surface area contributed by atoms with Crippen LogP contribution in [0, 0.1) is 26.7 Å². The van der Waals surface area contributed by atoms with Crippen LogP contribution in [0.25, 0.3) is 21.5 Å². The van der Waals surface area contributed by atoms with Gasteiger partial charge >= 0.3 is 5.97 Å². The normalized spacial score (nSPS) is 22.3. The molecule has 7 rings (SSSR count). The fourth-order valence-corrected chi connectivity index (χ4v) is 7.75. The number of fused-ring (bicyclic) bond motifs is 3. The lowest BCUT2D eigenvalue weighted by Gasteiger charge is -2.31. The Morgan fingerprint density at radius 3 is 2.62 bits per heavy atom. The quantitative estimate of drug-likeness (QED) is 0.239. The van der Waals surface area contributed by atoms with Crippen LogP contribution in [0.15, 0.2) is 34.9 Å². The SMILES string of the molecule is COC(=O)c1cc(C)c2nc(N3C[C@@H]4C[C@H]3C[C@H]4OCc3c(-c4c(C)cccc4C)noc3C3CC3)sc2c1. The number of benzene rings is 2. The molecule has 39 heavy (non-hydrogen) atoms. The van der Waals surface area contributed by atoms with E-state index >= 15 is 0 Å². The number of hydrogen-bond acceptors (Lipinski definition) is 8. The van der Waals surface area contributed by atoms with E-state index in [1.807, 2.05) is 19.1 Å². The number of rotatable bonds is 7. The molecule has 0 N–H and O–H groups in total. The number of piperidine rings is 1. The zero-order valence-electron chi connectivity index (χ0n) is 22.8. The van der Waals surface area contributed by atoms with E-state index in [0.717, 1.165) is 57.3 Å². The van der Waals surface area contributed by atoms with Gasteiger partial charge in [-0.3, -0.25) is 0 Å². The molecule has 0 unspecified atom stereocenters. The molecule has 7 nitrogen and oxygen atoms in total. The van der Waals surface area contributed by atoms with Crippen molar-refractivity contribution in [1.29, 1.82) is 0 Å². The van der Waals surface area contributed by atoms with Crippen LogP contribution in [0.3, 0.4) is 0 Å². The summed E-state index contributed by atoms with van der Waals surface area (Å²) in [6.07, 6.45) is 4.67. The third-order valence-corrected chi connectivity index (χ3v) is 9.78. The number of aromatic nitrogens is 2. The average molecular weight is 544 g/mol. The number of hydrogen-bond donors (Lipinski definition) is 0. The van der Waals surface area contributed by atoms with Crippen molar-refractivity contribution in [3.05, 3.63) is 63.9 Å². The molecule has 0 amide bonds. The number of anilines is 1. The molecule has 202 valence electrons. The molecule has 1 saturated heterocycles. The molecule has 3 fully saturated rings. The maximum absolute atomic E-state index is 12.1. The van der Waals surface area contributed by atoms with Crippen LogP contribution in [0.2, 0.25) is 0 Å². The largest absolute Gasteiger partial charge is 0.465 e. The highest BCUT2D eigenvalue weighted by Gasteiger charge is 2.46. The highest BCUT2D eigenvalue weighted by atomic mass is 32.1. The van der Waals surface area contributed by atoms with Crippen molar-refractivity contribution >= 4 is 32.7 Å². The van der Waals surface area contributed by atoms with Crippen LogP contribution in [0.1, 0.15) is 70.0 Å². The van der Waals surface area contributed by atoms with E-state index in [2.05, 4.69) is 42.1 Å². The Labute approximate surface area is 232 Å². The van der Waals surface area contributed by atoms with Crippen LogP contribution in [0.4, 0.5) is 5.13 Å². The van der Waals surface area contributed by atoms with E-state index in [1.165, 1.54) is 36.6 Å². The molecule has 1 aliphatic heterocycles. The van der Waals surface area contributed by atoms with Crippen molar-refractivity contribution in [3.63, 3.8) is 0 Å². The lowest BCUT2D eigenvalue weighted by molar-refractivity contribution is 0.0122. The first-order valence-electron chi connectivity index (χ1n) is 13.8. The Hall–Kier alpha value is -3.23. The van der Waals surface area contributed by atoms with Gasteiger partial charge in [0.25, 0.3) is 0 Å². The monoisotopic (exact) mass is 543 g/mol. The van der Waals surface area contributed by atoms with E-state index in [1.54, 1.807) is 11.3 Å². The fourth-order valence-electron chi connectivity index (χ4n) is 6.59. The number of methoxy groups -OCH3 is 1. The number of aryl methyl sites for hydroxylation is 3. The molecule has 2 aliphatic carbocycles. The molecule has 3 heterocycles. The maximum atomic E-state index is 12.1. The third-order valence-electron chi connectivity index (χ3n) is 8.74. The lowest BCUT2D eigenvalue weighted by Crippen LogP contribution is -2.38. The summed E-state index contributed by atoms with van der Waals surface area (Å²) in [6, 6.07) is 10.6. The second kappa shape index (κ2) is 9.45. The minimum atomic E-state index is -0.312. The van der Waals surface area contributed by atoms with Gasteiger partial charge in [-0.1, -0.05) is 34.7 Å². The van der Waals surface area contributed by atoms with Crippen molar-refractivity contribution in [1.82, 2.24) is 10.1 Å². The Morgan fingerprint density at radius 2 is 1.92 bits per heavy atom. The summed E-state index contributed by atoms with van der Waals surface area (Å²) in [4.78, 5) is 19.5. The minimum Gasteiger partial charge on any atom is -0.465 e. The zero-order chi connectivity index (χ0) is 26.8. The molecule has 3 aliphatic rings. The van der Waals surface area contributed by atoms with Gasteiger partial charge < -0.3 is 18.9 Å². The standard InChI is InChI=1S/C31H33N3O4S/c1-16-6-5-7-17(2)26(16)28-23(29(38-33-28)19-8-9-19)15-37-24-13-22-11-21(24)14-34(22)31-32-27-18(3)10-20(30(35)36-4)12-25(27)39-31/h5-7,10,12,19,21-22,24H,8-9,11,13-15H2,1-4H3/t21-,22-,24+/m0/s1. The van der Waals surface area contributed by atoms with Crippen molar-refractivity contribution in [2.24, 2.45) is 5.92 Å². The summed E-state index contributed by atoms with van der Waals surface area (Å²) in [5.74, 6) is 1.66. The molecule has 3 atom stereocenters. The maximum Gasteiger partial charge on any atom is 0.337 e. The lowest BCUT2D eigenvalue weighted by atomic mass is 9.96. The number of thiazole rings is 1. The summed E-state index contributed by atoms with van der Waals surface area (Å²) in [5, 5.41) is 5.60. The van der Waals surface area contributed by atoms with Gasteiger partial charge in [0.1, 0.15) is 11.5 Å².